The molecule has 40 heavy (non-hydrogen) atoms. The third-order valence-electron chi connectivity index (χ3n) is 7.60. The summed E-state index contributed by atoms with van der Waals surface area (Å²) in [6.45, 7) is 10.9. The number of sulfonamides is 1. The molecule has 11 heteroatoms. The average molecular weight is 591 g/mol. The van der Waals surface area contributed by atoms with Crippen molar-refractivity contribution in [3.05, 3.63) is 40.4 Å². The number of carbonyl (C=O) groups is 2. The number of hydrogen-bond acceptors (Lipinski definition) is 7. The Morgan fingerprint density at radius 3 is 2.40 bits per heavy atom. The molecule has 1 atom stereocenters. The van der Waals surface area contributed by atoms with Crippen molar-refractivity contribution in [2.24, 2.45) is 5.92 Å². The lowest BCUT2D eigenvalue weighted by Crippen LogP contribution is -2.39. The molecule has 2 aliphatic rings. The van der Waals surface area contributed by atoms with Crippen molar-refractivity contribution in [3.63, 3.8) is 0 Å². The third-order valence-corrected chi connectivity index (χ3v) is 10.7. The van der Waals surface area contributed by atoms with Crippen LogP contribution in [0.4, 0.5) is 9.93 Å². The number of hydrogen-bond donors (Lipinski definition) is 1. The van der Waals surface area contributed by atoms with Gasteiger partial charge in [0.1, 0.15) is 5.60 Å². The second kappa shape index (κ2) is 12.6. The Balaban J connectivity index is 1.51. The van der Waals surface area contributed by atoms with Gasteiger partial charge in [0.05, 0.1) is 23.1 Å². The molecule has 2 amide bonds. The normalized spacial score (nSPS) is 17.1. The molecule has 9 nitrogen and oxygen atoms in total. The number of rotatable bonds is 9. The Hall–Kier alpha value is -2.50. The van der Waals surface area contributed by atoms with E-state index in [4.69, 9.17) is 4.74 Å². The number of fused-ring (bicyclic) bond motifs is 1. The Bertz CT molecular complexity index is 1290. The predicted molar refractivity (Wildman–Crippen MR) is 157 cm³/mol. The molecular formula is C29H42N4O5S2. The van der Waals surface area contributed by atoms with Crippen molar-refractivity contribution in [1.82, 2.24) is 14.2 Å². The smallest absolute Gasteiger partial charge is 0.410 e. The fourth-order valence-corrected chi connectivity index (χ4v) is 7.97. The van der Waals surface area contributed by atoms with Gasteiger partial charge in [0.2, 0.25) is 15.9 Å². The first-order valence-electron chi connectivity index (χ1n) is 14.3. The molecule has 0 radical (unpaired) electrons. The molecule has 220 valence electrons. The highest BCUT2D eigenvalue weighted by Gasteiger charge is 2.31. The van der Waals surface area contributed by atoms with Gasteiger partial charge in [0.25, 0.3) is 0 Å². The molecule has 0 bridgehead atoms. The van der Waals surface area contributed by atoms with Gasteiger partial charge in [0.15, 0.2) is 5.13 Å². The second-order valence-corrected chi connectivity index (χ2v) is 14.6. The minimum atomic E-state index is -3.57. The number of anilines is 1. The van der Waals surface area contributed by atoms with Crippen LogP contribution in [0.1, 0.15) is 88.8 Å². The largest absolute Gasteiger partial charge is 0.444 e. The second-order valence-electron chi connectivity index (χ2n) is 11.6. The minimum absolute atomic E-state index is 0.138. The van der Waals surface area contributed by atoms with Crippen molar-refractivity contribution >= 4 is 38.5 Å². The van der Waals surface area contributed by atoms with Gasteiger partial charge in [-0.15, -0.1) is 0 Å². The number of ether oxygens (including phenoxy) is 1. The molecule has 1 fully saturated rings. The van der Waals surface area contributed by atoms with Crippen LogP contribution in [0.3, 0.4) is 0 Å². The Morgan fingerprint density at radius 2 is 1.80 bits per heavy atom. The highest BCUT2D eigenvalue weighted by Crippen LogP contribution is 2.36. The zero-order valence-electron chi connectivity index (χ0n) is 24.2. The van der Waals surface area contributed by atoms with E-state index in [1.54, 1.807) is 29.2 Å². The van der Waals surface area contributed by atoms with Gasteiger partial charge in [0, 0.05) is 30.9 Å². The van der Waals surface area contributed by atoms with E-state index in [0.717, 1.165) is 29.0 Å². The van der Waals surface area contributed by atoms with Crippen molar-refractivity contribution < 1.29 is 22.7 Å². The molecule has 0 unspecified atom stereocenters. The number of thiazole rings is 1. The summed E-state index contributed by atoms with van der Waals surface area (Å²) in [6, 6.07) is 6.79. The number of amides is 2. The van der Waals surface area contributed by atoms with Crippen LogP contribution in [0, 0.1) is 5.92 Å². The predicted octanol–water partition coefficient (Wildman–Crippen LogP) is 5.77. The molecule has 1 aliphatic heterocycles. The van der Waals surface area contributed by atoms with Gasteiger partial charge >= 0.3 is 6.09 Å². The van der Waals surface area contributed by atoms with E-state index in [0.29, 0.717) is 50.1 Å². The van der Waals surface area contributed by atoms with Crippen LogP contribution in [0.15, 0.2) is 29.2 Å². The van der Waals surface area contributed by atoms with Crippen molar-refractivity contribution in [1.29, 1.82) is 0 Å². The number of nitrogens with one attached hydrogen (secondary N) is 1. The molecule has 4 rings (SSSR count). The van der Waals surface area contributed by atoms with Gasteiger partial charge in [-0.25, -0.2) is 18.2 Å². The lowest BCUT2D eigenvalue weighted by atomic mass is 9.87. The van der Waals surface area contributed by atoms with Crippen LogP contribution < -0.4 is 5.32 Å². The lowest BCUT2D eigenvalue weighted by molar-refractivity contribution is -0.118. The molecule has 1 N–H and O–H groups in total. The van der Waals surface area contributed by atoms with E-state index in [-0.39, 0.29) is 16.9 Å². The maximum atomic E-state index is 13.7. The molecule has 0 spiro atoms. The van der Waals surface area contributed by atoms with E-state index >= 15 is 0 Å². The third kappa shape index (κ3) is 7.22. The number of carbonyl (C=O) groups excluding carboxylic acids is 2. The summed E-state index contributed by atoms with van der Waals surface area (Å²) in [5, 5.41) is 3.57. The average Bonchev–Trinajstić information content (AvgIpc) is 3.55. The van der Waals surface area contributed by atoms with E-state index < -0.39 is 21.5 Å². The quantitative estimate of drug-likeness (QED) is 0.397. The van der Waals surface area contributed by atoms with E-state index in [2.05, 4.69) is 10.3 Å². The summed E-state index contributed by atoms with van der Waals surface area (Å²) >= 11 is 1.39. The monoisotopic (exact) mass is 590 g/mol. The molecule has 1 saturated carbocycles. The first kappa shape index (κ1) is 30.5. The summed E-state index contributed by atoms with van der Waals surface area (Å²) < 4.78 is 32.9. The molecule has 1 aromatic carbocycles. The summed E-state index contributed by atoms with van der Waals surface area (Å²) in [4.78, 5) is 33.8. The van der Waals surface area contributed by atoms with Crippen LogP contribution in [0.5, 0.6) is 0 Å². The maximum absolute atomic E-state index is 13.7. The first-order chi connectivity index (χ1) is 18.9. The van der Waals surface area contributed by atoms with Gasteiger partial charge in [-0.2, -0.15) is 4.31 Å². The molecule has 1 aliphatic carbocycles. The van der Waals surface area contributed by atoms with E-state index in [1.807, 2.05) is 34.6 Å². The van der Waals surface area contributed by atoms with Crippen molar-refractivity contribution in [2.75, 3.05) is 25.0 Å². The molecular weight excluding hydrogens is 548 g/mol. The van der Waals surface area contributed by atoms with Crippen molar-refractivity contribution in [3.8, 4) is 0 Å². The Labute approximate surface area is 242 Å². The van der Waals surface area contributed by atoms with E-state index in [1.165, 1.54) is 28.5 Å². The highest BCUT2D eigenvalue weighted by atomic mass is 32.2. The van der Waals surface area contributed by atoms with Crippen LogP contribution in [-0.2, 0) is 32.5 Å². The number of nitrogens with zero attached hydrogens (tertiary/aromatic N) is 3. The van der Waals surface area contributed by atoms with Gasteiger partial charge < -0.3 is 15.0 Å². The molecule has 0 saturated heterocycles. The summed E-state index contributed by atoms with van der Waals surface area (Å²) in [6.07, 6.45) is 5.52. The SMILES string of the molecule is CCN(CC)S(=O)(=O)c1ccc([C@@H](CC2CCCC2)C(=O)Nc2nc3c(s2)CN(C(=O)OC(C)(C)C)CC3)cc1. The molecule has 2 heterocycles. The Kier molecular flexibility index (Phi) is 9.57. The van der Waals surface area contributed by atoms with Gasteiger partial charge in [-0.3, -0.25) is 4.79 Å². The fourth-order valence-electron chi connectivity index (χ4n) is 5.48. The highest BCUT2D eigenvalue weighted by molar-refractivity contribution is 7.89. The van der Waals surface area contributed by atoms with Crippen LogP contribution in [0.25, 0.3) is 0 Å². The van der Waals surface area contributed by atoms with Crippen LogP contribution >= 0.6 is 11.3 Å². The first-order valence-corrected chi connectivity index (χ1v) is 16.5. The Morgan fingerprint density at radius 1 is 1.15 bits per heavy atom. The summed E-state index contributed by atoms with van der Waals surface area (Å²) in [5.41, 5.74) is 1.14. The summed E-state index contributed by atoms with van der Waals surface area (Å²) in [5.74, 6) is -0.0874. The maximum Gasteiger partial charge on any atom is 0.410 e. The minimum Gasteiger partial charge on any atom is -0.444 e. The zero-order valence-corrected chi connectivity index (χ0v) is 25.9. The zero-order chi connectivity index (χ0) is 29.1. The number of aromatic nitrogens is 1. The number of benzene rings is 1. The van der Waals surface area contributed by atoms with Crippen molar-refractivity contribution in [2.45, 2.75) is 96.1 Å². The van der Waals surface area contributed by atoms with Crippen LogP contribution in [-0.4, -0.2) is 59.8 Å². The van der Waals surface area contributed by atoms with Gasteiger partial charge in [-0.05, 0) is 50.8 Å². The lowest BCUT2D eigenvalue weighted by Gasteiger charge is -2.29. The van der Waals surface area contributed by atoms with Crippen LogP contribution in [0.2, 0.25) is 0 Å². The summed E-state index contributed by atoms with van der Waals surface area (Å²) in [7, 11) is -3.57. The molecule has 1 aromatic heterocycles. The fraction of sp³-hybridized carbons (Fsp3) is 0.621. The van der Waals surface area contributed by atoms with Gasteiger partial charge in [-0.1, -0.05) is 63.0 Å². The van der Waals surface area contributed by atoms with E-state index in [9.17, 15) is 18.0 Å². The topological polar surface area (TPSA) is 109 Å². The molecule has 2 aromatic rings. The standard InChI is InChI=1S/C29H42N4O5S2/c1-6-33(7-2)40(36,37)22-14-12-21(13-15-22)23(18-20-10-8-9-11-20)26(34)31-27-30-24-16-17-32(19-25(24)39-27)28(35)38-29(3,4)5/h12-15,20,23H,6-11,16-19H2,1-5H3,(H,30,31,34)/t23-/m1/s1.